The van der Waals surface area contributed by atoms with Crippen molar-refractivity contribution in [2.45, 2.75) is 37.9 Å². The van der Waals surface area contributed by atoms with Crippen LogP contribution in [0.4, 0.5) is 18.0 Å². The summed E-state index contributed by atoms with van der Waals surface area (Å²) in [7, 11) is 0. The molecule has 1 fully saturated rings. The van der Waals surface area contributed by atoms with Crippen LogP contribution in [0.5, 0.6) is 0 Å². The molecular formula is C16H21F3N2O2. The molecule has 1 saturated heterocycles. The molecule has 1 aromatic rings. The van der Waals surface area contributed by atoms with Gasteiger partial charge in [-0.05, 0) is 36.5 Å². The minimum atomic E-state index is -4.34. The van der Waals surface area contributed by atoms with E-state index in [0.29, 0.717) is 13.1 Å². The van der Waals surface area contributed by atoms with E-state index in [9.17, 15) is 23.1 Å². The molecule has 2 unspecified atom stereocenters. The van der Waals surface area contributed by atoms with Gasteiger partial charge < -0.3 is 15.3 Å². The average molecular weight is 330 g/mol. The summed E-state index contributed by atoms with van der Waals surface area (Å²) in [5, 5.41) is 12.0. The molecule has 0 bridgehead atoms. The zero-order valence-electron chi connectivity index (χ0n) is 12.9. The Morgan fingerprint density at radius 3 is 2.61 bits per heavy atom. The number of likely N-dealkylation sites (tertiary alicyclic amines) is 1. The number of nitrogens with one attached hydrogen (secondary N) is 1. The smallest absolute Gasteiger partial charge is 0.394 e. The van der Waals surface area contributed by atoms with Gasteiger partial charge in [-0.2, -0.15) is 13.2 Å². The Hall–Kier alpha value is -1.76. The van der Waals surface area contributed by atoms with E-state index in [2.05, 4.69) is 5.32 Å². The van der Waals surface area contributed by atoms with Crippen LogP contribution in [0.3, 0.4) is 0 Å². The maximum absolute atomic E-state index is 12.5. The monoisotopic (exact) mass is 330 g/mol. The summed E-state index contributed by atoms with van der Waals surface area (Å²) < 4.78 is 37.6. The van der Waals surface area contributed by atoms with Crippen molar-refractivity contribution in [3.8, 4) is 0 Å². The number of urea groups is 1. The van der Waals surface area contributed by atoms with Crippen molar-refractivity contribution in [3.05, 3.63) is 35.4 Å². The first-order valence-electron chi connectivity index (χ1n) is 7.65. The highest BCUT2D eigenvalue weighted by Gasteiger charge is 2.30. The van der Waals surface area contributed by atoms with Gasteiger partial charge in [0.05, 0.1) is 18.2 Å². The van der Waals surface area contributed by atoms with Crippen molar-refractivity contribution in [3.63, 3.8) is 0 Å². The third-order valence-corrected chi connectivity index (χ3v) is 4.22. The topological polar surface area (TPSA) is 52.6 Å². The number of aliphatic hydroxyl groups excluding tert-OH is 1. The highest BCUT2D eigenvalue weighted by atomic mass is 19.4. The third-order valence-electron chi connectivity index (χ3n) is 4.22. The second-order valence-electron chi connectivity index (χ2n) is 5.88. The van der Waals surface area contributed by atoms with Crippen LogP contribution in [-0.2, 0) is 6.18 Å². The Labute approximate surface area is 133 Å². The van der Waals surface area contributed by atoms with E-state index in [4.69, 9.17) is 0 Å². The second-order valence-corrected chi connectivity index (χ2v) is 5.88. The van der Waals surface area contributed by atoms with Crippen molar-refractivity contribution < 1.29 is 23.1 Å². The normalized spacial score (nSPS) is 19.7. The molecule has 0 saturated carbocycles. The first kappa shape index (κ1) is 17.6. The molecule has 1 heterocycles. The predicted molar refractivity (Wildman–Crippen MR) is 80.1 cm³/mol. The fourth-order valence-corrected chi connectivity index (χ4v) is 2.75. The van der Waals surface area contributed by atoms with Crippen molar-refractivity contribution in [2.75, 3.05) is 19.7 Å². The number of hydrogen-bond acceptors (Lipinski definition) is 2. The maximum atomic E-state index is 12.5. The van der Waals surface area contributed by atoms with Gasteiger partial charge in [0.25, 0.3) is 0 Å². The SMILES string of the molecule is CC(CNC(=O)N1CCCC1CO)c1ccc(C(F)(F)F)cc1. The Bertz CT molecular complexity index is 531. The summed E-state index contributed by atoms with van der Waals surface area (Å²) in [5.41, 5.74) is 0.0544. The lowest BCUT2D eigenvalue weighted by Crippen LogP contribution is -2.45. The molecule has 0 spiro atoms. The molecule has 23 heavy (non-hydrogen) atoms. The van der Waals surface area contributed by atoms with Gasteiger partial charge in [-0.1, -0.05) is 19.1 Å². The van der Waals surface area contributed by atoms with Crippen molar-refractivity contribution in [1.82, 2.24) is 10.2 Å². The Kier molecular flexibility index (Phi) is 5.51. The van der Waals surface area contributed by atoms with Gasteiger partial charge in [0.1, 0.15) is 0 Å². The summed E-state index contributed by atoms with van der Waals surface area (Å²) >= 11 is 0. The molecule has 4 nitrogen and oxygen atoms in total. The largest absolute Gasteiger partial charge is 0.416 e. The van der Waals surface area contributed by atoms with E-state index in [1.165, 1.54) is 12.1 Å². The predicted octanol–water partition coefficient (Wildman–Crippen LogP) is 2.98. The number of benzene rings is 1. The zero-order chi connectivity index (χ0) is 17.0. The lowest BCUT2D eigenvalue weighted by molar-refractivity contribution is -0.137. The number of carbonyl (C=O) groups is 1. The highest BCUT2D eigenvalue weighted by molar-refractivity contribution is 5.75. The molecule has 0 aromatic heterocycles. The second kappa shape index (κ2) is 7.21. The van der Waals surface area contributed by atoms with Gasteiger partial charge in [0.15, 0.2) is 0 Å². The van der Waals surface area contributed by atoms with Crippen LogP contribution in [0.2, 0.25) is 0 Å². The fraction of sp³-hybridized carbons (Fsp3) is 0.562. The average Bonchev–Trinajstić information content (AvgIpc) is 3.00. The van der Waals surface area contributed by atoms with Crippen molar-refractivity contribution in [1.29, 1.82) is 0 Å². The number of alkyl halides is 3. The number of hydrogen-bond donors (Lipinski definition) is 2. The first-order valence-corrected chi connectivity index (χ1v) is 7.65. The quantitative estimate of drug-likeness (QED) is 0.892. The molecule has 2 amide bonds. The molecule has 0 aliphatic carbocycles. The van der Waals surface area contributed by atoms with Crippen LogP contribution in [0, 0.1) is 0 Å². The summed E-state index contributed by atoms with van der Waals surface area (Å²) in [5.74, 6) is -0.101. The molecule has 7 heteroatoms. The van der Waals surface area contributed by atoms with Gasteiger partial charge in [-0.25, -0.2) is 4.79 Å². The highest BCUT2D eigenvalue weighted by Crippen LogP contribution is 2.30. The summed E-state index contributed by atoms with van der Waals surface area (Å²) in [4.78, 5) is 13.7. The lowest BCUT2D eigenvalue weighted by atomic mass is 10.00. The van der Waals surface area contributed by atoms with Crippen LogP contribution >= 0.6 is 0 Å². The molecule has 0 radical (unpaired) electrons. The van der Waals surface area contributed by atoms with Crippen LogP contribution in [0.15, 0.2) is 24.3 Å². The zero-order valence-corrected chi connectivity index (χ0v) is 12.9. The number of rotatable bonds is 4. The van der Waals surface area contributed by atoms with E-state index in [-0.39, 0.29) is 24.6 Å². The third kappa shape index (κ3) is 4.37. The number of amides is 2. The molecule has 2 rings (SSSR count). The van der Waals surface area contributed by atoms with Crippen LogP contribution in [-0.4, -0.2) is 41.8 Å². The number of nitrogens with zero attached hydrogens (tertiary/aromatic N) is 1. The van der Waals surface area contributed by atoms with Gasteiger partial charge in [-0.15, -0.1) is 0 Å². The summed E-state index contributed by atoms with van der Waals surface area (Å²) in [6.07, 6.45) is -2.68. The molecule has 2 N–H and O–H groups in total. The Balaban J connectivity index is 1.89. The molecule has 2 atom stereocenters. The molecule has 1 aliphatic rings. The van der Waals surface area contributed by atoms with Gasteiger partial charge in [0.2, 0.25) is 0 Å². The lowest BCUT2D eigenvalue weighted by Gasteiger charge is -2.24. The van der Waals surface area contributed by atoms with E-state index in [1.54, 1.807) is 4.90 Å². The van der Waals surface area contributed by atoms with Crippen molar-refractivity contribution >= 4 is 6.03 Å². The van der Waals surface area contributed by atoms with Crippen LogP contribution in [0.25, 0.3) is 0 Å². The van der Waals surface area contributed by atoms with E-state index in [1.807, 2.05) is 6.92 Å². The molecule has 128 valence electrons. The summed E-state index contributed by atoms with van der Waals surface area (Å²) in [6, 6.07) is 4.60. The Morgan fingerprint density at radius 1 is 1.39 bits per heavy atom. The van der Waals surface area contributed by atoms with Crippen LogP contribution in [0.1, 0.15) is 36.8 Å². The number of carbonyl (C=O) groups excluding carboxylic acids is 1. The first-order chi connectivity index (χ1) is 10.8. The van der Waals surface area contributed by atoms with Crippen molar-refractivity contribution in [2.24, 2.45) is 0 Å². The molecule has 1 aliphatic heterocycles. The molecular weight excluding hydrogens is 309 g/mol. The minimum absolute atomic E-state index is 0.0537. The van der Waals surface area contributed by atoms with Gasteiger partial charge in [0, 0.05) is 13.1 Å². The number of halogens is 3. The van der Waals surface area contributed by atoms with E-state index < -0.39 is 11.7 Å². The standard InChI is InChI=1S/C16H21F3N2O2/c1-11(12-4-6-13(7-5-12)16(17,18)19)9-20-15(23)21-8-2-3-14(21)10-22/h4-7,11,14,22H,2-3,8-10H2,1H3,(H,20,23). The number of aliphatic hydroxyl groups is 1. The fourth-order valence-electron chi connectivity index (χ4n) is 2.75. The minimum Gasteiger partial charge on any atom is -0.394 e. The van der Waals surface area contributed by atoms with Crippen LogP contribution < -0.4 is 5.32 Å². The molecule has 1 aromatic carbocycles. The summed E-state index contributed by atoms with van der Waals surface area (Å²) in [6.45, 7) is 2.74. The van der Waals surface area contributed by atoms with Gasteiger partial charge in [-0.3, -0.25) is 0 Å². The Morgan fingerprint density at radius 2 is 2.04 bits per heavy atom. The van der Waals surface area contributed by atoms with E-state index >= 15 is 0 Å². The maximum Gasteiger partial charge on any atom is 0.416 e. The van der Waals surface area contributed by atoms with E-state index in [0.717, 1.165) is 30.5 Å². The van der Waals surface area contributed by atoms with Gasteiger partial charge >= 0.3 is 12.2 Å².